The molecule has 17 heavy (non-hydrogen) atoms. The molecule has 3 heterocycles. The summed E-state index contributed by atoms with van der Waals surface area (Å²) in [7, 11) is 2.20. The second-order valence-electron chi connectivity index (χ2n) is 5.64. The summed E-state index contributed by atoms with van der Waals surface area (Å²) in [6.45, 7) is 2.45. The van der Waals surface area contributed by atoms with Crippen LogP contribution in [0.5, 0.6) is 0 Å². The fourth-order valence-electron chi connectivity index (χ4n) is 3.16. The molecule has 2 atom stereocenters. The molecule has 0 radical (unpaired) electrons. The van der Waals surface area contributed by atoms with Gasteiger partial charge in [-0.05, 0) is 45.2 Å². The standard InChI is InChI=1S/C13H22N4/c1-16-6-5-10(8-16)7-11-9-17-12(14)3-2-4-13(17)15-11/h9-10,12H,2-8,14H2,1H3. The van der Waals surface area contributed by atoms with Gasteiger partial charge in [-0.2, -0.15) is 0 Å². The van der Waals surface area contributed by atoms with E-state index in [1.165, 1.54) is 37.4 Å². The van der Waals surface area contributed by atoms with Crippen molar-refractivity contribution in [1.29, 1.82) is 0 Å². The zero-order valence-corrected chi connectivity index (χ0v) is 10.6. The second kappa shape index (κ2) is 4.42. The minimum absolute atomic E-state index is 0.159. The smallest absolute Gasteiger partial charge is 0.110 e. The van der Waals surface area contributed by atoms with E-state index in [9.17, 15) is 0 Å². The van der Waals surface area contributed by atoms with Gasteiger partial charge in [0.1, 0.15) is 5.82 Å². The van der Waals surface area contributed by atoms with Gasteiger partial charge in [0, 0.05) is 19.2 Å². The lowest BCUT2D eigenvalue weighted by Crippen LogP contribution is -2.24. The molecule has 1 aromatic rings. The SMILES string of the molecule is CN1CCC(Cc2cn3c(n2)CCCC3N)C1. The topological polar surface area (TPSA) is 47.1 Å². The highest BCUT2D eigenvalue weighted by molar-refractivity contribution is 5.09. The summed E-state index contributed by atoms with van der Waals surface area (Å²) in [6.07, 6.45) is 8.15. The Kier molecular flexibility index (Phi) is 2.92. The van der Waals surface area contributed by atoms with Crippen LogP contribution in [0, 0.1) is 5.92 Å². The molecular weight excluding hydrogens is 212 g/mol. The van der Waals surface area contributed by atoms with E-state index in [0.29, 0.717) is 0 Å². The Morgan fingerprint density at radius 1 is 1.47 bits per heavy atom. The van der Waals surface area contributed by atoms with Crippen LogP contribution >= 0.6 is 0 Å². The predicted octanol–water partition coefficient (Wildman–Crippen LogP) is 1.17. The lowest BCUT2D eigenvalue weighted by molar-refractivity contribution is 0.393. The molecule has 2 aliphatic rings. The van der Waals surface area contributed by atoms with Gasteiger partial charge in [-0.15, -0.1) is 0 Å². The summed E-state index contributed by atoms with van der Waals surface area (Å²) in [4.78, 5) is 7.16. The molecule has 0 aliphatic carbocycles. The van der Waals surface area contributed by atoms with Crippen molar-refractivity contribution in [1.82, 2.24) is 14.5 Å². The molecule has 3 rings (SSSR count). The first kappa shape index (κ1) is 11.2. The van der Waals surface area contributed by atoms with E-state index in [2.05, 4.69) is 22.7 Å². The second-order valence-corrected chi connectivity index (χ2v) is 5.64. The number of aromatic nitrogens is 2. The van der Waals surface area contributed by atoms with Crippen LogP contribution in [0.2, 0.25) is 0 Å². The molecule has 94 valence electrons. The summed E-state index contributed by atoms with van der Waals surface area (Å²) in [6, 6.07) is 0. The van der Waals surface area contributed by atoms with Crippen LogP contribution in [0.15, 0.2) is 6.20 Å². The van der Waals surface area contributed by atoms with Crippen LogP contribution in [-0.2, 0) is 12.8 Å². The largest absolute Gasteiger partial charge is 0.319 e. The zero-order valence-electron chi connectivity index (χ0n) is 10.6. The zero-order chi connectivity index (χ0) is 11.8. The molecule has 0 aromatic carbocycles. The third-order valence-electron chi connectivity index (χ3n) is 4.10. The van der Waals surface area contributed by atoms with E-state index in [-0.39, 0.29) is 6.17 Å². The molecule has 4 heteroatoms. The summed E-state index contributed by atoms with van der Waals surface area (Å²) in [5.41, 5.74) is 7.35. The molecule has 1 fully saturated rings. The average molecular weight is 234 g/mol. The van der Waals surface area contributed by atoms with Crippen LogP contribution in [-0.4, -0.2) is 34.6 Å². The fourth-order valence-corrected chi connectivity index (χ4v) is 3.16. The third-order valence-corrected chi connectivity index (χ3v) is 4.10. The average Bonchev–Trinajstić information content (AvgIpc) is 2.86. The number of rotatable bonds is 2. The van der Waals surface area contributed by atoms with Gasteiger partial charge in [0.05, 0.1) is 11.9 Å². The van der Waals surface area contributed by atoms with Gasteiger partial charge >= 0.3 is 0 Å². The van der Waals surface area contributed by atoms with Gasteiger partial charge in [-0.1, -0.05) is 0 Å². The lowest BCUT2D eigenvalue weighted by atomic mass is 10.0. The molecule has 0 amide bonds. The van der Waals surface area contributed by atoms with Crippen LogP contribution in [0.1, 0.15) is 36.9 Å². The number of hydrogen-bond donors (Lipinski definition) is 1. The number of nitrogens with zero attached hydrogens (tertiary/aromatic N) is 3. The molecule has 0 saturated carbocycles. The number of aryl methyl sites for hydroxylation is 1. The highest BCUT2D eigenvalue weighted by atomic mass is 15.2. The van der Waals surface area contributed by atoms with Gasteiger partial charge in [0.15, 0.2) is 0 Å². The third kappa shape index (κ3) is 2.24. The maximum absolute atomic E-state index is 6.10. The van der Waals surface area contributed by atoms with Gasteiger partial charge in [-0.3, -0.25) is 0 Å². The van der Waals surface area contributed by atoms with E-state index < -0.39 is 0 Å². The normalized spacial score (nSPS) is 29.5. The molecular formula is C13H22N4. The Balaban J connectivity index is 1.72. The van der Waals surface area contributed by atoms with Crippen LogP contribution < -0.4 is 5.73 Å². The monoisotopic (exact) mass is 234 g/mol. The van der Waals surface area contributed by atoms with Crippen molar-refractivity contribution >= 4 is 0 Å². The van der Waals surface area contributed by atoms with Crippen molar-refractivity contribution < 1.29 is 0 Å². The van der Waals surface area contributed by atoms with E-state index in [1.54, 1.807) is 0 Å². The highest BCUT2D eigenvalue weighted by Gasteiger charge is 2.23. The summed E-state index contributed by atoms with van der Waals surface area (Å²) >= 11 is 0. The van der Waals surface area contributed by atoms with E-state index >= 15 is 0 Å². The summed E-state index contributed by atoms with van der Waals surface area (Å²) in [5.74, 6) is 1.98. The minimum atomic E-state index is 0.159. The van der Waals surface area contributed by atoms with Crippen molar-refractivity contribution in [2.45, 2.75) is 38.3 Å². The van der Waals surface area contributed by atoms with Gasteiger partial charge in [-0.25, -0.2) is 4.98 Å². The maximum atomic E-state index is 6.10. The van der Waals surface area contributed by atoms with Crippen molar-refractivity contribution in [3.63, 3.8) is 0 Å². The van der Waals surface area contributed by atoms with Gasteiger partial charge < -0.3 is 15.2 Å². The van der Waals surface area contributed by atoms with E-state index in [0.717, 1.165) is 25.2 Å². The predicted molar refractivity (Wildman–Crippen MR) is 67.7 cm³/mol. The molecule has 2 aliphatic heterocycles. The highest BCUT2D eigenvalue weighted by Crippen LogP contribution is 2.24. The summed E-state index contributed by atoms with van der Waals surface area (Å²) < 4.78 is 2.19. The lowest BCUT2D eigenvalue weighted by Gasteiger charge is -2.20. The number of imidazole rings is 1. The Labute approximate surface area is 103 Å². The molecule has 0 bridgehead atoms. The molecule has 2 N–H and O–H groups in total. The Hall–Kier alpha value is -0.870. The van der Waals surface area contributed by atoms with Crippen molar-refractivity contribution in [2.75, 3.05) is 20.1 Å². The van der Waals surface area contributed by atoms with Crippen LogP contribution in [0.3, 0.4) is 0 Å². The van der Waals surface area contributed by atoms with Gasteiger partial charge in [0.25, 0.3) is 0 Å². The van der Waals surface area contributed by atoms with E-state index in [1.807, 2.05) is 0 Å². The molecule has 1 saturated heterocycles. The summed E-state index contributed by atoms with van der Waals surface area (Å²) in [5, 5.41) is 0. The first-order chi connectivity index (χ1) is 8.22. The van der Waals surface area contributed by atoms with Gasteiger partial charge in [0.2, 0.25) is 0 Å². The fraction of sp³-hybridized carbons (Fsp3) is 0.769. The molecule has 4 nitrogen and oxygen atoms in total. The first-order valence-corrected chi connectivity index (χ1v) is 6.73. The minimum Gasteiger partial charge on any atom is -0.319 e. The maximum Gasteiger partial charge on any atom is 0.110 e. The van der Waals surface area contributed by atoms with Crippen LogP contribution in [0.4, 0.5) is 0 Å². The quantitative estimate of drug-likeness (QED) is 0.835. The van der Waals surface area contributed by atoms with Crippen LogP contribution in [0.25, 0.3) is 0 Å². The molecule has 2 unspecified atom stereocenters. The number of likely N-dealkylation sites (tertiary alicyclic amines) is 1. The number of hydrogen-bond acceptors (Lipinski definition) is 3. The Morgan fingerprint density at radius 2 is 2.35 bits per heavy atom. The number of nitrogens with two attached hydrogens (primary N) is 1. The Bertz CT molecular complexity index is 398. The van der Waals surface area contributed by atoms with E-state index in [4.69, 9.17) is 10.7 Å². The van der Waals surface area contributed by atoms with Crippen molar-refractivity contribution in [3.8, 4) is 0 Å². The Morgan fingerprint density at radius 3 is 3.06 bits per heavy atom. The molecule has 0 spiro atoms. The molecule has 1 aromatic heterocycles. The number of fused-ring (bicyclic) bond motifs is 1. The van der Waals surface area contributed by atoms with Crippen molar-refractivity contribution in [3.05, 3.63) is 17.7 Å². The van der Waals surface area contributed by atoms with Crippen molar-refractivity contribution in [2.24, 2.45) is 11.7 Å². The first-order valence-electron chi connectivity index (χ1n) is 6.73.